The summed E-state index contributed by atoms with van der Waals surface area (Å²) >= 11 is 0. The minimum atomic E-state index is -1.04. The zero-order valence-electron chi connectivity index (χ0n) is 18.9. The van der Waals surface area contributed by atoms with Crippen molar-refractivity contribution in [3.63, 3.8) is 0 Å². The van der Waals surface area contributed by atoms with Crippen LogP contribution in [0.1, 0.15) is 83.0 Å². The molecule has 0 aromatic heterocycles. The van der Waals surface area contributed by atoms with Crippen LogP contribution in [0.2, 0.25) is 0 Å². The van der Waals surface area contributed by atoms with Gasteiger partial charge in [-0.1, -0.05) is 12.1 Å². The number of hydrogen-bond acceptors (Lipinski definition) is 7. The molecule has 0 unspecified atom stereocenters. The van der Waals surface area contributed by atoms with Gasteiger partial charge in [-0.3, -0.25) is 43.4 Å². The van der Waals surface area contributed by atoms with E-state index in [1.54, 1.807) is 0 Å². The molecule has 2 aromatic carbocycles. The fraction of sp³-hybridized carbons (Fsp3) is 0.240. The Bertz CT molecular complexity index is 1260. The second-order valence-corrected chi connectivity index (χ2v) is 8.37. The van der Waals surface area contributed by atoms with E-state index in [9.17, 15) is 33.6 Å². The maximum Gasteiger partial charge on any atom is 0.303 e. The summed E-state index contributed by atoms with van der Waals surface area (Å²) in [5, 5.41) is 17.5. The monoisotopic (exact) mass is 492 g/mol. The van der Waals surface area contributed by atoms with Crippen molar-refractivity contribution in [1.29, 1.82) is 0 Å². The molecule has 0 spiro atoms. The molecular formula is C25H20N2O9. The van der Waals surface area contributed by atoms with Crippen molar-refractivity contribution in [2.45, 2.75) is 25.7 Å². The molecule has 36 heavy (non-hydrogen) atoms. The van der Waals surface area contributed by atoms with Gasteiger partial charge < -0.3 is 10.2 Å². The molecule has 11 nitrogen and oxygen atoms in total. The van der Waals surface area contributed by atoms with Crippen LogP contribution < -0.4 is 0 Å². The molecule has 184 valence electrons. The summed E-state index contributed by atoms with van der Waals surface area (Å²) in [6.45, 7) is -0.127. The van der Waals surface area contributed by atoms with Gasteiger partial charge in [0.2, 0.25) is 0 Å². The number of imide groups is 2. The normalized spacial score (nSPS) is 14.3. The third-order valence-corrected chi connectivity index (χ3v) is 6.01. The van der Waals surface area contributed by atoms with E-state index in [2.05, 4.69) is 0 Å². The number of amides is 4. The van der Waals surface area contributed by atoms with Crippen molar-refractivity contribution in [3.05, 3.63) is 69.8 Å². The smallest absolute Gasteiger partial charge is 0.303 e. The summed E-state index contributed by atoms with van der Waals surface area (Å²) in [5.74, 6) is -5.00. The second kappa shape index (κ2) is 9.53. The van der Waals surface area contributed by atoms with Crippen LogP contribution in [0.25, 0.3) is 0 Å². The van der Waals surface area contributed by atoms with Crippen molar-refractivity contribution in [3.8, 4) is 0 Å². The average Bonchev–Trinajstić information content (AvgIpc) is 3.22. The molecule has 0 saturated carbocycles. The van der Waals surface area contributed by atoms with Crippen LogP contribution in [-0.2, 0) is 9.59 Å². The van der Waals surface area contributed by atoms with Crippen LogP contribution in [0.3, 0.4) is 0 Å². The van der Waals surface area contributed by atoms with Gasteiger partial charge in [0.1, 0.15) is 0 Å². The van der Waals surface area contributed by atoms with E-state index in [0.29, 0.717) is 0 Å². The van der Waals surface area contributed by atoms with E-state index in [-0.39, 0.29) is 72.2 Å². The van der Waals surface area contributed by atoms with E-state index in [1.165, 1.54) is 36.4 Å². The predicted octanol–water partition coefficient (Wildman–Crippen LogP) is 1.84. The number of carbonyl (C=O) groups excluding carboxylic acids is 5. The summed E-state index contributed by atoms with van der Waals surface area (Å²) in [6.07, 6.45) is -0.203. The van der Waals surface area contributed by atoms with E-state index < -0.39 is 41.4 Å². The van der Waals surface area contributed by atoms with Crippen LogP contribution in [0.4, 0.5) is 0 Å². The molecule has 2 N–H and O–H groups in total. The number of carboxylic acids is 2. The Morgan fingerprint density at radius 2 is 0.944 bits per heavy atom. The van der Waals surface area contributed by atoms with Gasteiger partial charge in [-0.05, 0) is 37.1 Å². The van der Waals surface area contributed by atoms with Gasteiger partial charge in [-0.15, -0.1) is 0 Å². The minimum absolute atomic E-state index is 0.0261. The molecule has 0 saturated heterocycles. The second-order valence-electron chi connectivity index (χ2n) is 8.37. The van der Waals surface area contributed by atoms with Crippen molar-refractivity contribution in [2.24, 2.45) is 0 Å². The van der Waals surface area contributed by atoms with Gasteiger partial charge in [0.05, 0.1) is 22.3 Å². The number of rotatable bonds is 10. The lowest BCUT2D eigenvalue weighted by atomic mass is 9.96. The summed E-state index contributed by atoms with van der Waals surface area (Å²) in [5.41, 5.74) is 0.461. The van der Waals surface area contributed by atoms with Crippen molar-refractivity contribution < 1.29 is 43.8 Å². The van der Waals surface area contributed by atoms with E-state index in [0.717, 1.165) is 9.80 Å². The molecule has 11 heteroatoms. The molecule has 4 amide bonds. The molecule has 0 atom stereocenters. The Morgan fingerprint density at radius 3 is 1.31 bits per heavy atom. The molecule has 0 aliphatic carbocycles. The number of ketones is 1. The summed E-state index contributed by atoms with van der Waals surface area (Å²) < 4.78 is 0. The highest BCUT2D eigenvalue weighted by molar-refractivity contribution is 6.24. The predicted molar refractivity (Wildman–Crippen MR) is 121 cm³/mol. The Morgan fingerprint density at radius 1 is 0.583 bits per heavy atom. The standard InChI is InChI=1S/C25H20N2O9/c28-19(29)3-1-9-26-22(33)15-7-5-13(11-17(15)24(26)35)21(32)14-6-8-16-18(12-14)25(36)27(23(16)34)10-2-4-20(30)31/h5-8,11-12H,1-4,9-10H2,(H,28,29)(H,30,31). The molecule has 0 bridgehead atoms. The summed E-state index contributed by atoms with van der Waals surface area (Å²) in [7, 11) is 0. The number of carboxylic acid groups (broad SMARTS) is 2. The summed E-state index contributed by atoms with van der Waals surface area (Å²) in [6, 6.07) is 8.04. The third kappa shape index (κ3) is 4.38. The van der Waals surface area contributed by atoms with Gasteiger partial charge in [-0.25, -0.2) is 0 Å². The molecular weight excluding hydrogens is 472 g/mol. The number of aliphatic carboxylic acids is 2. The minimum Gasteiger partial charge on any atom is -0.481 e. The first-order chi connectivity index (χ1) is 17.1. The molecule has 2 heterocycles. The molecule has 2 aromatic rings. The zero-order valence-corrected chi connectivity index (χ0v) is 18.9. The first-order valence-electron chi connectivity index (χ1n) is 11.1. The van der Waals surface area contributed by atoms with Gasteiger partial charge in [0.15, 0.2) is 5.78 Å². The van der Waals surface area contributed by atoms with Gasteiger partial charge >= 0.3 is 11.9 Å². The Kier molecular flexibility index (Phi) is 6.47. The van der Waals surface area contributed by atoms with E-state index in [4.69, 9.17) is 10.2 Å². The number of nitrogens with zero attached hydrogens (tertiary/aromatic N) is 2. The van der Waals surface area contributed by atoms with Crippen LogP contribution in [0.15, 0.2) is 36.4 Å². The first kappa shape index (κ1) is 24.5. The number of fused-ring (bicyclic) bond motifs is 2. The van der Waals surface area contributed by atoms with Gasteiger partial charge in [-0.2, -0.15) is 0 Å². The van der Waals surface area contributed by atoms with E-state index >= 15 is 0 Å². The molecule has 2 aliphatic rings. The lowest BCUT2D eigenvalue weighted by Gasteiger charge is -2.12. The molecule has 0 fully saturated rings. The Hall–Kier alpha value is -4.67. The maximum absolute atomic E-state index is 13.1. The topological polar surface area (TPSA) is 166 Å². The first-order valence-corrected chi connectivity index (χ1v) is 11.1. The highest BCUT2D eigenvalue weighted by atomic mass is 16.4. The van der Waals surface area contributed by atoms with Gasteiger partial charge in [0.25, 0.3) is 23.6 Å². The van der Waals surface area contributed by atoms with Crippen LogP contribution in [0.5, 0.6) is 0 Å². The lowest BCUT2D eigenvalue weighted by Crippen LogP contribution is -2.31. The molecule has 2 aliphatic heterocycles. The Balaban J connectivity index is 1.54. The quantitative estimate of drug-likeness (QED) is 0.371. The van der Waals surface area contributed by atoms with Crippen molar-refractivity contribution >= 4 is 41.4 Å². The SMILES string of the molecule is O=C(O)CCCN1C(=O)c2ccc(C(=O)c3ccc4c(c3)C(=O)N(CCCC(=O)O)C4=O)cc2C1=O. The Labute approximate surface area is 203 Å². The third-order valence-electron chi connectivity index (χ3n) is 6.01. The van der Waals surface area contributed by atoms with Crippen molar-refractivity contribution in [2.75, 3.05) is 13.1 Å². The molecule has 4 rings (SSSR count). The van der Waals surface area contributed by atoms with Crippen LogP contribution >= 0.6 is 0 Å². The molecule has 0 radical (unpaired) electrons. The number of benzene rings is 2. The number of carbonyl (C=O) groups is 7. The highest BCUT2D eigenvalue weighted by Gasteiger charge is 2.37. The van der Waals surface area contributed by atoms with Crippen molar-refractivity contribution in [1.82, 2.24) is 9.80 Å². The fourth-order valence-electron chi connectivity index (χ4n) is 4.21. The number of hydrogen-bond donors (Lipinski definition) is 2. The fourth-order valence-corrected chi connectivity index (χ4v) is 4.21. The zero-order chi connectivity index (χ0) is 26.1. The van der Waals surface area contributed by atoms with Crippen LogP contribution in [-0.4, -0.2) is 74.5 Å². The lowest BCUT2D eigenvalue weighted by molar-refractivity contribution is -0.138. The van der Waals surface area contributed by atoms with E-state index in [1.807, 2.05) is 0 Å². The van der Waals surface area contributed by atoms with Gasteiger partial charge in [0, 0.05) is 37.1 Å². The largest absolute Gasteiger partial charge is 0.481 e. The van der Waals surface area contributed by atoms with Crippen LogP contribution in [0, 0.1) is 0 Å². The summed E-state index contributed by atoms with van der Waals surface area (Å²) in [4.78, 5) is 87.0. The average molecular weight is 492 g/mol. The highest BCUT2D eigenvalue weighted by Crippen LogP contribution is 2.28. The maximum atomic E-state index is 13.1.